The summed E-state index contributed by atoms with van der Waals surface area (Å²) in [4.78, 5) is 21.8. The van der Waals surface area contributed by atoms with Crippen molar-refractivity contribution in [2.75, 3.05) is 12.9 Å². The number of nitrogens with zero attached hydrogens (tertiary/aromatic N) is 1. The van der Waals surface area contributed by atoms with Crippen LogP contribution in [0.5, 0.6) is 0 Å². The Morgan fingerprint density at radius 1 is 1.53 bits per heavy atom. The van der Waals surface area contributed by atoms with E-state index in [4.69, 9.17) is 5.73 Å². The van der Waals surface area contributed by atoms with E-state index in [0.29, 0.717) is 5.75 Å². The Hall–Kier alpha value is -1.60. The van der Waals surface area contributed by atoms with Crippen LogP contribution in [-0.2, 0) is 9.53 Å². The Morgan fingerprint density at radius 2 is 2.12 bits per heavy atom. The summed E-state index contributed by atoms with van der Waals surface area (Å²) in [5.74, 6) is -0.107. The van der Waals surface area contributed by atoms with Crippen molar-refractivity contribution in [3.63, 3.8) is 0 Å². The number of methoxy groups -OCH3 is 1. The molecule has 0 aromatic heterocycles. The van der Waals surface area contributed by atoms with Gasteiger partial charge in [0.2, 0.25) is 0 Å². The van der Waals surface area contributed by atoms with Gasteiger partial charge in [0.1, 0.15) is 6.04 Å². The minimum absolute atomic E-state index is 0.0339. The molecule has 1 atom stereocenters. The maximum atomic E-state index is 11.0. The number of rotatable bonds is 5. The fourth-order valence-electron chi connectivity index (χ4n) is 1.07. The SMILES string of the molecule is COC(=O)[C@@H](N)CSc1ccc([N+](=O)[O-])cc1. The zero-order chi connectivity index (χ0) is 12.8. The molecule has 0 unspecified atom stereocenters. The van der Waals surface area contributed by atoms with E-state index in [1.54, 1.807) is 12.1 Å². The van der Waals surface area contributed by atoms with Crippen molar-refractivity contribution in [3.8, 4) is 0 Å². The Bertz CT molecular complexity index is 407. The number of carbonyl (C=O) groups excluding carboxylic acids is 1. The molecule has 7 heteroatoms. The standard InChI is InChI=1S/C10H12N2O4S/c1-16-10(13)9(11)6-17-8-4-2-7(3-5-8)12(14)15/h2-5,9H,6,11H2,1H3/t9-/m0/s1. The van der Waals surface area contributed by atoms with Crippen LogP contribution in [0.15, 0.2) is 29.2 Å². The molecule has 92 valence electrons. The fourth-order valence-corrected chi connectivity index (χ4v) is 1.91. The normalized spacial score (nSPS) is 11.9. The number of nitrogens with two attached hydrogens (primary N) is 1. The largest absolute Gasteiger partial charge is 0.468 e. The number of non-ortho nitro benzene ring substituents is 1. The highest BCUT2D eigenvalue weighted by Gasteiger charge is 2.14. The molecule has 0 spiro atoms. The van der Waals surface area contributed by atoms with E-state index >= 15 is 0 Å². The predicted molar refractivity (Wildman–Crippen MR) is 63.8 cm³/mol. The van der Waals surface area contributed by atoms with Gasteiger partial charge < -0.3 is 10.5 Å². The lowest BCUT2D eigenvalue weighted by Crippen LogP contribution is -2.33. The van der Waals surface area contributed by atoms with Gasteiger partial charge in [-0.25, -0.2) is 0 Å². The molecule has 0 bridgehead atoms. The summed E-state index contributed by atoms with van der Waals surface area (Å²) in [6.45, 7) is 0. The van der Waals surface area contributed by atoms with Crippen LogP contribution in [0.2, 0.25) is 0 Å². The summed E-state index contributed by atoms with van der Waals surface area (Å²) in [7, 11) is 1.28. The van der Waals surface area contributed by atoms with Gasteiger partial charge in [-0.2, -0.15) is 0 Å². The molecule has 1 aromatic carbocycles. The number of thioether (sulfide) groups is 1. The summed E-state index contributed by atoms with van der Waals surface area (Å²) >= 11 is 1.34. The smallest absolute Gasteiger partial charge is 0.323 e. The van der Waals surface area contributed by atoms with Crippen LogP contribution in [0.25, 0.3) is 0 Å². The zero-order valence-corrected chi connectivity index (χ0v) is 9.98. The number of carbonyl (C=O) groups is 1. The molecule has 0 aliphatic rings. The molecule has 0 heterocycles. The lowest BCUT2D eigenvalue weighted by Gasteiger charge is -2.08. The van der Waals surface area contributed by atoms with Gasteiger partial charge in [0.15, 0.2) is 0 Å². The molecule has 0 fully saturated rings. The number of nitro benzene ring substituents is 1. The molecule has 0 saturated carbocycles. The van der Waals surface area contributed by atoms with E-state index in [-0.39, 0.29) is 5.69 Å². The Labute approximate surface area is 102 Å². The average Bonchev–Trinajstić information content (AvgIpc) is 2.35. The van der Waals surface area contributed by atoms with E-state index < -0.39 is 16.9 Å². The van der Waals surface area contributed by atoms with Crippen LogP contribution < -0.4 is 5.73 Å². The van der Waals surface area contributed by atoms with Crippen LogP contribution in [0.3, 0.4) is 0 Å². The van der Waals surface area contributed by atoms with Crippen molar-refractivity contribution in [2.45, 2.75) is 10.9 Å². The second kappa shape index (κ2) is 6.21. The Balaban J connectivity index is 2.53. The Kier molecular flexibility index (Phi) is 4.92. The van der Waals surface area contributed by atoms with Crippen molar-refractivity contribution in [1.29, 1.82) is 0 Å². The van der Waals surface area contributed by atoms with Crippen molar-refractivity contribution in [1.82, 2.24) is 0 Å². The number of hydrogen-bond acceptors (Lipinski definition) is 6. The molecule has 0 radical (unpaired) electrons. The van der Waals surface area contributed by atoms with Crippen LogP contribution >= 0.6 is 11.8 Å². The first kappa shape index (κ1) is 13.5. The van der Waals surface area contributed by atoms with Crippen molar-refractivity contribution in [2.24, 2.45) is 5.73 Å². The lowest BCUT2D eigenvalue weighted by molar-refractivity contribution is -0.384. The van der Waals surface area contributed by atoms with Gasteiger partial charge in [-0.05, 0) is 12.1 Å². The number of esters is 1. The summed E-state index contributed by atoms with van der Waals surface area (Å²) in [5.41, 5.74) is 5.58. The van der Waals surface area contributed by atoms with E-state index in [0.717, 1.165) is 4.90 Å². The highest BCUT2D eigenvalue weighted by atomic mass is 32.2. The van der Waals surface area contributed by atoms with Gasteiger partial charge in [-0.15, -0.1) is 11.8 Å². The number of hydrogen-bond donors (Lipinski definition) is 1. The van der Waals surface area contributed by atoms with Gasteiger partial charge >= 0.3 is 5.97 Å². The van der Waals surface area contributed by atoms with Crippen LogP contribution in [-0.4, -0.2) is 29.8 Å². The molecule has 0 saturated heterocycles. The highest BCUT2D eigenvalue weighted by Crippen LogP contribution is 2.21. The third-order valence-corrected chi connectivity index (χ3v) is 3.11. The minimum atomic E-state index is -0.694. The number of ether oxygens (including phenoxy) is 1. The van der Waals surface area contributed by atoms with E-state index in [2.05, 4.69) is 4.74 Å². The lowest BCUT2D eigenvalue weighted by atomic mass is 10.3. The van der Waals surface area contributed by atoms with Gasteiger partial charge in [-0.1, -0.05) is 0 Å². The molecule has 1 rings (SSSR count). The summed E-state index contributed by atoms with van der Waals surface area (Å²) < 4.78 is 4.48. The number of benzene rings is 1. The predicted octanol–water partition coefficient (Wildman–Crippen LogP) is 1.19. The topological polar surface area (TPSA) is 95.5 Å². The minimum Gasteiger partial charge on any atom is -0.468 e. The van der Waals surface area contributed by atoms with Crippen molar-refractivity contribution >= 4 is 23.4 Å². The zero-order valence-electron chi connectivity index (χ0n) is 9.16. The van der Waals surface area contributed by atoms with E-state index in [9.17, 15) is 14.9 Å². The van der Waals surface area contributed by atoms with Gasteiger partial charge in [0.25, 0.3) is 5.69 Å². The summed E-state index contributed by atoms with van der Waals surface area (Å²) in [6.07, 6.45) is 0. The molecule has 2 N–H and O–H groups in total. The molecular weight excluding hydrogens is 244 g/mol. The average molecular weight is 256 g/mol. The first-order valence-corrected chi connectivity index (χ1v) is 5.74. The third kappa shape index (κ3) is 4.04. The summed E-state index contributed by atoms with van der Waals surface area (Å²) in [6, 6.07) is 5.36. The molecular formula is C10H12N2O4S. The van der Waals surface area contributed by atoms with Gasteiger partial charge in [0.05, 0.1) is 12.0 Å². The van der Waals surface area contributed by atoms with Crippen LogP contribution in [0.4, 0.5) is 5.69 Å². The molecule has 0 aliphatic carbocycles. The van der Waals surface area contributed by atoms with E-state index in [1.165, 1.54) is 31.0 Å². The summed E-state index contributed by atoms with van der Waals surface area (Å²) in [5, 5.41) is 10.4. The second-order valence-corrected chi connectivity index (χ2v) is 4.29. The quantitative estimate of drug-likeness (QED) is 0.368. The first-order chi connectivity index (χ1) is 8.04. The number of nitro groups is 1. The fraction of sp³-hybridized carbons (Fsp3) is 0.300. The van der Waals surface area contributed by atoms with Crippen molar-refractivity contribution < 1.29 is 14.5 Å². The monoisotopic (exact) mass is 256 g/mol. The Morgan fingerprint density at radius 3 is 2.59 bits per heavy atom. The second-order valence-electron chi connectivity index (χ2n) is 3.19. The van der Waals surface area contributed by atoms with Gasteiger partial charge in [0, 0.05) is 22.8 Å². The maximum absolute atomic E-state index is 11.0. The van der Waals surface area contributed by atoms with Crippen molar-refractivity contribution in [3.05, 3.63) is 34.4 Å². The molecule has 0 amide bonds. The van der Waals surface area contributed by atoms with Crippen LogP contribution in [0, 0.1) is 10.1 Å². The van der Waals surface area contributed by atoms with Crippen LogP contribution in [0.1, 0.15) is 0 Å². The highest BCUT2D eigenvalue weighted by molar-refractivity contribution is 7.99. The third-order valence-electron chi connectivity index (χ3n) is 1.98. The maximum Gasteiger partial charge on any atom is 0.323 e. The molecule has 17 heavy (non-hydrogen) atoms. The molecule has 0 aliphatic heterocycles. The van der Waals surface area contributed by atoms with E-state index in [1.807, 2.05) is 0 Å². The first-order valence-electron chi connectivity index (χ1n) is 4.75. The molecule has 1 aromatic rings. The van der Waals surface area contributed by atoms with Gasteiger partial charge in [-0.3, -0.25) is 14.9 Å². The molecule has 6 nitrogen and oxygen atoms in total.